The van der Waals surface area contributed by atoms with Gasteiger partial charge in [-0.25, -0.2) is 24.9 Å². The van der Waals surface area contributed by atoms with Crippen molar-refractivity contribution in [3.05, 3.63) is 468 Å². The molecule has 0 bridgehead atoms. The van der Waals surface area contributed by atoms with Crippen molar-refractivity contribution in [3.8, 4) is 114 Å². The Morgan fingerprint density at radius 2 is 0.406 bits per heavy atom. The van der Waals surface area contributed by atoms with Gasteiger partial charge < -0.3 is 13.7 Å². The van der Waals surface area contributed by atoms with Gasteiger partial charge in [0, 0.05) is 177 Å². The van der Waals surface area contributed by atoms with Crippen molar-refractivity contribution in [1.82, 2.24) is 82.2 Å². The van der Waals surface area contributed by atoms with Gasteiger partial charge in [0.05, 0.1) is 77.6 Å². The molecule has 15 aromatic carbocycles. The van der Waals surface area contributed by atoms with Crippen LogP contribution in [0.5, 0.6) is 0 Å². The zero-order chi connectivity index (χ0) is 91.1. The van der Waals surface area contributed by atoms with Crippen LogP contribution in [0.3, 0.4) is 0 Å². The third-order valence-corrected chi connectivity index (χ3v) is 26.3. The topological polar surface area (TPSA) is 171 Å². The van der Waals surface area contributed by atoms with Gasteiger partial charge in [0.1, 0.15) is 11.6 Å². The molecule has 0 spiro atoms. The third-order valence-electron chi connectivity index (χ3n) is 26.3. The lowest BCUT2D eigenvalue weighted by molar-refractivity contribution is 0.953. The molecule has 13 heterocycles. The van der Waals surface area contributed by atoms with E-state index in [1.807, 2.05) is 91.1 Å². The number of hydrogen-bond acceptors (Lipinski definition) is 11. The quantitative estimate of drug-likeness (QED) is 0.108. The average molecular weight is 1770 g/mol. The fourth-order valence-corrected chi connectivity index (χ4v) is 20.1. The van der Waals surface area contributed by atoms with Crippen molar-refractivity contribution in [2.45, 2.75) is 0 Å². The fourth-order valence-electron chi connectivity index (χ4n) is 20.1. The maximum atomic E-state index is 5.16. The van der Waals surface area contributed by atoms with Crippen molar-refractivity contribution in [1.29, 1.82) is 0 Å². The van der Waals surface area contributed by atoms with E-state index in [2.05, 4.69) is 381 Å². The first-order chi connectivity index (χ1) is 68.5. The van der Waals surface area contributed by atoms with Gasteiger partial charge in [-0.2, -0.15) is 9.97 Å². The van der Waals surface area contributed by atoms with E-state index in [0.29, 0.717) is 29.2 Å². The van der Waals surface area contributed by atoms with Crippen LogP contribution in [-0.2, 0) is 0 Å². The summed E-state index contributed by atoms with van der Waals surface area (Å²) in [4.78, 5) is 52.4. The van der Waals surface area contributed by atoms with Gasteiger partial charge in [-0.1, -0.05) is 249 Å². The van der Waals surface area contributed by atoms with Gasteiger partial charge >= 0.3 is 0 Å². The zero-order valence-electron chi connectivity index (χ0n) is 74.1. The minimum absolute atomic E-state index is 0.580. The molecular formula is C121H77N17. The first-order valence-corrected chi connectivity index (χ1v) is 45.9. The smallest absolute Gasteiger partial charge is 0.238 e. The minimum Gasteiger partial charge on any atom is -0.309 e. The van der Waals surface area contributed by atoms with Crippen LogP contribution in [0.15, 0.2) is 468 Å². The number of aromatic nitrogens is 17. The first kappa shape index (κ1) is 79.8. The van der Waals surface area contributed by atoms with E-state index in [9.17, 15) is 0 Å². The predicted octanol–water partition coefficient (Wildman–Crippen LogP) is 28.7. The molecule has 138 heavy (non-hydrogen) atoms. The Morgan fingerprint density at radius 3 is 0.768 bits per heavy atom. The van der Waals surface area contributed by atoms with Crippen LogP contribution in [0.4, 0.5) is 0 Å². The summed E-state index contributed by atoms with van der Waals surface area (Å²) in [7, 11) is 0. The standard InChI is InChI=1S/C45H29N5.2C38H24N6/c1-3-13-30(14-4-1)31-23-25-33(26-24-31)44-46-43(32-15-5-2-6-16-32)47-45(48-44)50-41-22-12-9-19-37(41)38-29-34(27-28-42(38)50)49-39-20-10-7-17-35(39)36-18-8-11-21-40(36)49;1-4-12-33-28(9-1)29-10-2-5-13-34(29)43(33)27-15-16-36-31(22-27)30-11-3-6-14-35(30)44(36)37-23-32(26-8-7-19-40-24-26)41-38(42-37)25-17-20-39-21-18-25;1-4-10-33-28(7-1)29-8-2-5-11-34(29)43(33)27-13-14-36-31(23-27)30-9-3-6-12-35(30)44(36)37-24-32(25-15-19-39-20-16-25)41-38(42-37)26-17-21-40-22-18-26/h1-29H;2*1-24H. The summed E-state index contributed by atoms with van der Waals surface area (Å²) in [6.07, 6.45) is 14.3. The van der Waals surface area contributed by atoms with Crippen LogP contribution < -0.4 is 0 Å². The van der Waals surface area contributed by atoms with Crippen LogP contribution >= 0.6 is 0 Å². The van der Waals surface area contributed by atoms with E-state index in [1.54, 1.807) is 43.4 Å². The highest BCUT2D eigenvalue weighted by Gasteiger charge is 2.26. The Kier molecular flexibility index (Phi) is 19.4. The van der Waals surface area contributed by atoms with Gasteiger partial charge in [-0.3, -0.25) is 33.6 Å². The van der Waals surface area contributed by atoms with E-state index in [1.165, 1.54) is 76.4 Å². The molecule has 28 rings (SSSR count). The van der Waals surface area contributed by atoms with Gasteiger partial charge in [0.2, 0.25) is 5.95 Å². The van der Waals surface area contributed by atoms with Crippen LogP contribution in [0, 0.1) is 0 Å². The molecule has 17 heteroatoms. The lowest BCUT2D eigenvalue weighted by Gasteiger charge is -2.12. The van der Waals surface area contributed by atoms with Crippen molar-refractivity contribution in [3.63, 3.8) is 0 Å². The van der Waals surface area contributed by atoms with Crippen molar-refractivity contribution >= 4 is 131 Å². The van der Waals surface area contributed by atoms with Crippen molar-refractivity contribution in [2.24, 2.45) is 0 Å². The molecule has 0 radical (unpaired) electrons. The highest BCUT2D eigenvalue weighted by atomic mass is 15.2. The highest BCUT2D eigenvalue weighted by Crippen LogP contribution is 2.44. The van der Waals surface area contributed by atoms with Gasteiger partial charge in [-0.15, -0.1) is 0 Å². The first-order valence-electron chi connectivity index (χ1n) is 45.9. The Hall–Kier alpha value is -19.1. The average Bonchev–Trinajstić information content (AvgIpc) is 1.58. The van der Waals surface area contributed by atoms with Gasteiger partial charge in [0.25, 0.3) is 0 Å². The van der Waals surface area contributed by atoms with Gasteiger partial charge in [-0.05, 0) is 169 Å². The number of rotatable bonds is 13. The summed E-state index contributed by atoms with van der Waals surface area (Å²) in [5, 5.41) is 14.4. The predicted molar refractivity (Wildman–Crippen MR) is 559 cm³/mol. The van der Waals surface area contributed by atoms with Crippen LogP contribution in [0.1, 0.15) is 0 Å². The summed E-state index contributed by atoms with van der Waals surface area (Å²) in [6, 6.07) is 146. The Labute approximate surface area is 789 Å². The summed E-state index contributed by atoms with van der Waals surface area (Å²) in [6.45, 7) is 0. The van der Waals surface area contributed by atoms with Crippen LogP contribution in [0.2, 0.25) is 0 Å². The maximum Gasteiger partial charge on any atom is 0.238 e. The van der Waals surface area contributed by atoms with Gasteiger partial charge in [0.15, 0.2) is 23.3 Å². The number of nitrogens with zero attached hydrogens (tertiary/aromatic N) is 17. The third kappa shape index (κ3) is 13.8. The summed E-state index contributed by atoms with van der Waals surface area (Å²) in [5.74, 6) is 4.71. The summed E-state index contributed by atoms with van der Waals surface area (Å²) < 4.78 is 13.8. The largest absolute Gasteiger partial charge is 0.309 e. The molecule has 646 valence electrons. The van der Waals surface area contributed by atoms with E-state index in [4.69, 9.17) is 34.9 Å². The fraction of sp³-hybridized carbons (Fsp3) is 0. The maximum absolute atomic E-state index is 5.16. The molecule has 28 aromatic rings. The Morgan fingerprint density at radius 1 is 0.145 bits per heavy atom. The molecule has 0 saturated carbocycles. The van der Waals surface area contributed by atoms with E-state index >= 15 is 0 Å². The lowest BCUT2D eigenvalue weighted by atomic mass is 10.0. The molecule has 0 aliphatic rings. The lowest BCUT2D eigenvalue weighted by Crippen LogP contribution is -2.06. The summed E-state index contributed by atoms with van der Waals surface area (Å²) >= 11 is 0. The zero-order valence-corrected chi connectivity index (χ0v) is 74.1. The molecule has 0 N–H and O–H groups in total. The number of fused-ring (bicyclic) bond motifs is 18. The second-order valence-corrected chi connectivity index (χ2v) is 34.2. The number of hydrogen-bond donors (Lipinski definition) is 0. The van der Waals surface area contributed by atoms with Crippen LogP contribution in [-0.4, -0.2) is 82.2 Å². The summed E-state index contributed by atoms with van der Waals surface area (Å²) in [5.41, 5.74) is 26.4. The molecule has 17 nitrogen and oxygen atoms in total. The Bertz CT molecular complexity index is 8960. The molecule has 0 fully saturated rings. The van der Waals surface area contributed by atoms with E-state index in [-0.39, 0.29) is 0 Å². The minimum atomic E-state index is 0.580. The second-order valence-electron chi connectivity index (χ2n) is 34.2. The highest BCUT2D eigenvalue weighted by molar-refractivity contribution is 6.16. The normalized spacial score (nSPS) is 11.6. The number of para-hydroxylation sites is 9. The molecule has 0 aliphatic carbocycles. The Balaban J connectivity index is 0.000000107. The van der Waals surface area contributed by atoms with E-state index in [0.717, 1.165) is 139 Å². The SMILES string of the molecule is c1ccc(-c2ccc(-c3nc(-c4ccccc4)nc(-n4c5ccccc5c5cc(-n6c7ccccc7c7ccccc76)ccc54)n3)cc2)cc1.c1ccc2c(c1)c1ccccc1n2-c1ccc2c(c1)c1ccccc1n2-c1cc(-c2ccncc2)nc(-c2ccncc2)n1.c1cncc(-c2cc(-n3c4ccccc4c4cc(-n5c6ccccc6c6ccccc65)ccc43)nc(-c3ccncc3)n2)c1. The van der Waals surface area contributed by atoms with Crippen molar-refractivity contribution in [2.75, 3.05) is 0 Å². The molecule has 0 saturated heterocycles. The van der Waals surface area contributed by atoms with E-state index < -0.39 is 0 Å². The second kappa shape index (κ2) is 33.6. The number of pyridine rings is 4. The molecule has 0 atom stereocenters. The molecule has 0 unspecified atom stereocenters. The number of benzene rings is 15. The van der Waals surface area contributed by atoms with Crippen molar-refractivity contribution < 1.29 is 0 Å². The molecule has 13 aromatic heterocycles. The monoisotopic (exact) mass is 1770 g/mol. The van der Waals surface area contributed by atoms with Crippen LogP contribution in [0.25, 0.3) is 245 Å². The molecular weight excluding hydrogens is 1690 g/mol. The molecule has 0 aliphatic heterocycles. The molecule has 0 amide bonds.